The highest BCUT2D eigenvalue weighted by Gasteiger charge is 2.18. The Balaban J connectivity index is 1.70. The number of para-hydroxylation sites is 1. The molecule has 1 aromatic heterocycles. The van der Waals surface area contributed by atoms with Crippen LogP contribution in [-0.4, -0.2) is 26.4 Å². The number of nitrogens with zero attached hydrogens (tertiary/aromatic N) is 3. The molecule has 6 nitrogen and oxygen atoms in total. The fourth-order valence-corrected chi connectivity index (χ4v) is 4.06. The molecular formula is C23H22N4O2S. The van der Waals surface area contributed by atoms with E-state index in [1.807, 2.05) is 53.1 Å². The minimum atomic E-state index is -0.396. The average molecular weight is 419 g/mol. The number of carbonyl (C=O) groups is 1. The van der Waals surface area contributed by atoms with Crippen molar-refractivity contribution in [2.45, 2.75) is 25.1 Å². The van der Waals surface area contributed by atoms with Crippen LogP contribution in [0.25, 0.3) is 16.5 Å². The van der Waals surface area contributed by atoms with E-state index in [2.05, 4.69) is 35.3 Å². The SMILES string of the molecule is CCc1ccccc1-n1c(COc2cccc3ccccc23)nnc1SCC(N)=O. The van der Waals surface area contributed by atoms with Crippen molar-refractivity contribution in [2.75, 3.05) is 5.75 Å². The summed E-state index contributed by atoms with van der Waals surface area (Å²) >= 11 is 1.27. The predicted octanol–water partition coefficient (Wildman–Crippen LogP) is 4.14. The Labute approximate surface area is 179 Å². The van der Waals surface area contributed by atoms with Crippen molar-refractivity contribution >= 4 is 28.4 Å². The Kier molecular flexibility index (Phi) is 5.99. The maximum atomic E-state index is 11.3. The third kappa shape index (κ3) is 4.16. The minimum Gasteiger partial charge on any atom is -0.485 e. The molecule has 0 atom stereocenters. The Bertz CT molecular complexity index is 1180. The first kappa shape index (κ1) is 20.0. The number of primary amides is 1. The van der Waals surface area contributed by atoms with Crippen LogP contribution in [0.5, 0.6) is 5.75 Å². The van der Waals surface area contributed by atoms with Gasteiger partial charge in [-0.1, -0.05) is 73.3 Å². The molecule has 0 fully saturated rings. The number of ether oxygens (including phenoxy) is 1. The van der Waals surface area contributed by atoms with Crippen LogP contribution in [0.15, 0.2) is 71.9 Å². The van der Waals surface area contributed by atoms with Crippen molar-refractivity contribution in [1.29, 1.82) is 0 Å². The van der Waals surface area contributed by atoms with Gasteiger partial charge >= 0.3 is 0 Å². The quantitative estimate of drug-likeness (QED) is 0.435. The van der Waals surface area contributed by atoms with Gasteiger partial charge in [-0.3, -0.25) is 9.36 Å². The summed E-state index contributed by atoms with van der Waals surface area (Å²) in [5, 5.41) is 11.4. The zero-order valence-electron chi connectivity index (χ0n) is 16.6. The summed E-state index contributed by atoms with van der Waals surface area (Å²) in [6, 6.07) is 22.2. The Morgan fingerprint density at radius 3 is 2.63 bits per heavy atom. The number of fused-ring (bicyclic) bond motifs is 1. The molecule has 3 aromatic carbocycles. The fourth-order valence-electron chi connectivity index (χ4n) is 3.36. The van der Waals surface area contributed by atoms with Crippen LogP contribution in [0.4, 0.5) is 0 Å². The van der Waals surface area contributed by atoms with Crippen molar-refractivity contribution in [2.24, 2.45) is 5.73 Å². The molecule has 1 heterocycles. The maximum absolute atomic E-state index is 11.3. The van der Waals surface area contributed by atoms with Gasteiger partial charge in [0.15, 0.2) is 11.0 Å². The highest BCUT2D eigenvalue weighted by atomic mass is 32.2. The molecular weight excluding hydrogens is 396 g/mol. The van der Waals surface area contributed by atoms with Crippen LogP contribution in [0, 0.1) is 0 Å². The largest absolute Gasteiger partial charge is 0.485 e. The molecule has 0 radical (unpaired) electrons. The molecule has 4 rings (SSSR count). The van der Waals surface area contributed by atoms with Crippen molar-refractivity contribution in [3.63, 3.8) is 0 Å². The first-order valence-electron chi connectivity index (χ1n) is 9.71. The van der Waals surface area contributed by atoms with Crippen molar-refractivity contribution in [3.8, 4) is 11.4 Å². The number of carbonyl (C=O) groups excluding carboxylic acids is 1. The molecule has 0 saturated carbocycles. The lowest BCUT2D eigenvalue weighted by molar-refractivity contribution is -0.115. The summed E-state index contributed by atoms with van der Waals surface area (Å²) in [5.74, 6) is 1.19. The highest BCUT2D eigenvalue weighted by Crippen LogP contribution is 2.28. The van der Waals surface area contributed by atoms with Gasteiger partial charge in [0.2, 0.25) is 5.91 Å². The van der Waals surface area contributed by atoms with Gasteiger partial charge in [0, 0.05) is 5.39 Å². The van der Waals surface area contributed by atoms with Gasteiger partial charge in [0.1, 0.15) is 12.4 Å². The van der Waals surface area contributed by atoms with E-state index >= 15 is 0 Å². The Morgan fingerprint density at radius 2 is 1.80 bits per heavy atom. The topological polar surface area (TPSA) is 83.0 Å². The molecule has 0 spiro atoms. The number of hydrogen-bond acceptors (Lipinski definition) is 5. The molecule has 1 amide bonds. The van der Waals surface area contributed by atoms with Gasteiger partial charge in [0.25, 0.3) is 0 Å². The number of hydrogen-bond donors (Lipinski definition) is 1. The van der Waals surface area contributed by atoms with Crippen molar-refractivity contribution < 1.29 is 9.53 Å². The standard InChI is InChI=1S/C23H22N4O2S/c1-2-16-8-4-6-12-19(16)27-22(25-26-23(27)30-15-21(24)28)14-29-20-13-7-10-17-9-3-5-11-18(17)20/h3-13H,2,14-15H2,1H3,(H2,24,28). The number of aryl methyl sites for hydroxylation is 1. The van der Waals surface area contributed by atoms with E-state index in [9.17, 15) is 4.79 Å². The van der Waals surface area contributed by atoms with Gasteiger partial charge < -0.3 is 10.5 Å². The van der Waals surface area contributed by atoms with Crippen molar-refractivity contribution in [3.05, 3.63) is 78.1 Å². The summed E-state index contributed by atoms with van der Waals surface area (Å²) < 4.78 is 8.11. The Hall–Kier alpha value is -3.32. The lowest BCUT2D eigenvalue weighted by Crippen LogP contribution is -2.14. The second kappa shape index (κ2) is 9.00. The van der Waals surface area contributed by atoms with E-state index in [-0.39, 0.29) is 12.4 Å². The molecule has 0 aliphatic rings. The normalized spacial score (nSPS) is 11.0. The van der Waals surface area contributed by atoms with Gasteiger partial charge in [-0.15, -0.1) is 10.2 Å². The third-order valence-electron chi connectivity index (χ3n) is 4.76. The number of aromatic nitrogens is 3. The number of nitrogens with two attached hydrogens (primary N) is 1. The second-order valence-electron chi connectivity index (χ2n) is 6.74. The van der Waals surface area contributed by atoms with Gasteiger partial charge in [-0.25, -0.2) is 0 Å². The number of rotatable bonds is 8. The maximum Gasteiger partial charge on any atom is 0.227 e. The summed E-state index contributed by atoms with van der Waals surface area (Å²) in [7, 11) is 0. The molecule has 30 heavy (non-hydrogen) atoms. The van der Waals surface area contributed by atoms with E-state index in [4.69, 9.17) is 10.5 Å². The van der Waals surface area contributed by atoms with Crippen LogP contribution in [0.1, 0.15) is 18.3 Å². The first-order chi connectivity index (χ1) is 14.7. The van der Waals surface area contributed by atoms with Gasteiger partial charge in [-0.05, 0) is 29.5 Å². The zero-order valence-corrected chi connectivity index (χ0v) is 17.4. The van der Waals surface area contributed by atoms with Crippen molar-refractivity contribution in [1.82, 2.24) is 14.8 Å². The summed E-state index contributed by atoms with van der Waals surface area (Å²) in [6.45, 7) is 2.35. The van der Waals surface area contributed by atoms with E-state index < -0.39 is 5.91 Å². The van der Waals surface area contributed by atoms with Gasteiger partial charge in [-0.2, -0.15) is 0 Å². The minimum absolute atomic E-state index is 0.136. The van der Waals surface area contributed by atoms with Gasteiger partial charge in [0.05, 0.1) is 11.4 Å². The summed E-state index contributed by atoms with van der Waals surface area (Å²) in [5.41, 5.74) is 7.47. The molecule has 7 heteroatoms. The summed E-state index contributed by atoms with van der Waals surface area (Å²) in [4.78, 5) is 11.3. The molecule has 0 saturated heterocycles. The molecule has 0 aliphatic carbocycles. The number of thioether (sulfide) groups is 1. The van der Waals surface area contributed by atoms with E-state index in [1.54, 1.807) is 0 Å². The Morgan fingerprint density at radius 1 is 1.03 bits per heavy atom. The first-order valence-corrected chi connectivity index (χ1v) is 10.7. The molecule has 0 bridgehead atoms. The molecule has 2 N–H and O–H groups in total. The predicted molar refractivity (Wildman–Crippen MR) is 119 cm³/mol. The number of benzene rings is 3. The van der Waals surface area contributed by atoms with Crippen LogP contribution in [0.2, 0.25) is 0 Å². The lowest BCUT2D eigenvalue weighted by atomic mass is 10.1. The summed E-state index contributed by atoms with van der Waals surface area (Å²) in [6.07, 6.45) is 0.859. The van der Waals surface area contributed by atoms with Crippen LogP contribution >= 0.6 is 11.8 Å². The third-order valence-corrected chi connectivity index (χ3v) is 5.72. The second-order valence-corrected chi connectivity index (χ2v) is 7.68. The zero-order chi connectivity index (χ0) is 20.9. The molecule has 0 aliphatic heterocycles. The smallest absolute Gasteiger partial charge is 0.227 e. The van der Waals surface area contributed by atoms with Crippen LogP contribution in [0.3, 0.4) is 0 Å². The van der Waals surface area contributed by atoms with E-state index in [0.29, 0.717) is 11.0 Å². The molecule has 4 aromatic rings. The van der Waals surface area contributed by atoms with Crippen LogP contribution in [-0.2, 0) is 17.8 Å². The highest BCUT2D eigenvalue weighted by molar-refractivity contribution is 7.99. The van der Waals surface area contributed by atoms with Crippen LogP contribution < -0.4 is 10.5 Å². The van der Waals surface area contributed by atoms with E-state index in [1.165, 1.54) is 11.8 Å². The van der Waals surface area contributed by atoms with E-state index in [0.717, 1.165) is 34.2 Å². The monoisotopic (exact) mass is 418 g/mol. The molecule has 152 valence electrons. The average Bonchev–Trinajstić information content (AvgIpc) is 3.18. The molecule has 0 unspecified atom stereocenters. The number of amides is 1. The lowest BCUT2D eigenvalue weighted by Gasteiger charge is -2.14. The fraction of sp³-hybridized carbons (Fsp3) is 0.174.